The predicted octanol–water partition coefficient (Wildman–Crippen LogP) is 2.31. The molecule has 0 aromatic heterocycles. The highest BCUT2D eigenvalue weighted by molar-refractivity contribution is 4.67. The molecule has 68 valence electrons. The third-order valence-corrected chi connectivity index (χ3v) is 0.962. The minimum atomic E-state index is -4.00. The van der Waals surface area contributed by atoms with Crippen LogP contribution in [-0.4, -0.2) is 25.6 Å². The van der Waals surface area contributed by atoms with Gasteiger partial charge in [-0.25, -0.2) is 8.78 Å². The van der Waals surface area contributed by atoms with Crippen LogP contribution >= 0.6 is 0 Å². The highest BCUT2D eigenvalue weighted by Gasteiger charge is 2.40. The van der Waals surface area contributed by atoms with E-state index in [0.717, 1.165) is 0 Å². The molecule has 1 nitrogen and oxygen atoms in total. The molecule has 0 aliphatic rings. The maximum Gasteiger partial charge on any atom is 0.330 e. The van der Waals surface area contributed by atoms with Crippen LogP contribution in [0.3, 0.4) is 0 Å². The minimum Gasteiger partial charge on any atom is -0.375 e. The van der Waals surface area contributed by atoms with E-state index in [0.29, 0.717) is 6.42 Å². The predicted molar refractivity (Wildman–Crippen MR) is 32.1 cm³/mol. The van der Waals surface area contributed by atoms with Crippen LogP contribution in [-0.2, 0) is 4.74 Å². The monoisotopic (exact) mass is 174 g/mol. The van der Waals surface area contributed by atoms with Crippen LogP contribution in [0.1, 0.15) is 13.3 Å². The fourth-order valence-electron chi connectivity index (χ4n) is 0.416. The lowest BCUT2D eigenvalue weighted by Crippen LogP contribution is -2.32. The van der Waals surface area contributed by atoms with Crippen molar-refractivity contribution < 1.29 is 22.3 Å². The third-order valence-electron chi connectivity index (χ3n) is 0.962. The summed E-state index contributed by atoms with van der Waals surface area (Å²) in [6, 6.07) is 0. The van der Waals surface area contributed by atoms with Gasteiger partial charge in [0.2, 0.25) is 0 Å². The van der Waals surface area contributed by atoms with Crippen LogP contribution in [0.15, 0.2) is 0 Å². The van der Waals surface area contributed by atoms with Crippen LogP contribution < -0.4 is 0 Å². The molecule has 0 aromatic carbocycles. The average molecular weight is 174 g/mol. The van der Waals surface area contributed by atoms with Gasteiger partial charge in [0.05, 0.1) is 0 Å². The number of hydrogen-bond donors (Lipinski definition) is 0. The van der Waals surface area contributed by atoms with E-state index in [2.05, 4.69) is 4.74 Å². The summed E-state index contributed by atoms with van der Waals surface area (Å²) in [6.07, 6.45) is -3.10. The minimum absolute atomic E-state index is 0.0856. The van der Waals surface area contributed by atoms with Crippen molar-refractivity contribution in [3.05, 3.63) is 0 Å². The highest BCUT2D eigenvalue weighted by Crippen LogP contribution is 2.22. The van der Waals surface area contributed by atoms with Crippen molar-refractivity contribution in [2.45, 2.75) is 25.7 Å². The molecule has 0 atom stereocenters. The number of hydrogen-bond acceptors (Lipinski definition) is 1. The average Bonchev–Trinajstić information content (AvgIpc) is 1.88. The summed E-state index contributed by atoms with van der Waals surface area (Å²) >= 11 is 0. The molecule has 0 radical (unpaired) electrons. The van der Waals surface area contributed by atoms with Gasteiger partial charge in [0, 0.05) is 6.61 Å². The number of alkyl halides is 4. The quantitative estimate of drug-likeness (QED) is 0.459. The Labute approximate surface area is 62.3 Å². The Morgan fingerprint density at radius 3 is 2.27 bits per heavy atom. The van der Waals surface area contributed by atoms with E-state index < -0.39 is 19.0 Å². The molecule has 0 aliphatic carbocycles. The molecule has 0 fully saturated rings. The molecule has 11 heavy (non-hydrogen) atoms. The van der Waals surface area contributed by atoms with Gasteiger partial charge < -0.3 is 4.74 Å². The molecule has 0 N–H and O–H groups in total. The summed E-state index contributed by atoms with van der Waals surface area (Å²) in [4.78, 5) is 0. The molecule has 0 amide bonds. The summed E-state index contributed by atoms with van der Waals surface area (Å²) in [6.45, 7) is 0.599. The molecule has 0 saturated heterocycles. The first kappa shape index (κ1) is 10.7. The van der Waals surface area contributed by atoms with Crippen LogP contribution in [0.4, 0.5) is 17.6 Å². The Morgan fingerprint density at radius 2 is 1.91 bits per heavy atom. The van der Waals surface area contributed by atoms with Gasteiger partial charge in [0.15, 0.2) is 0 Å². The van der Waals surface area contributed by atoms with Crippen molar-refractivity contribution in [2.75, 3.05) is 13.2 Å². The Kier molecular flexibility index (Phi) is 4.40. The van der Waals surface area contributed by atoms with Gasteiger partial charge in [0.25, 0.3) is 0 Å². The molecular weight excluding hydrogens is 164 g/mol. The van der Waals surface area contributed by atoms with Crippen LogP contribution in [0.25, 0.3) is 0 Å². The Bertz CT molecular complexity index is 105. The second kappa shape index (κ2) is 4.54. The standard InChI is InChI=1S/C6H10F4O/c1-2-3-11-4-6(9,10)5(7)8/h5H,2-4H2,1H3. The lowest BCUT2D eigenvalue weighted by molar-refractivity contribution is -0.165. The smallest absolute Gasteiger partial charge is 0.330 e. The Morgan fingerprint density at radius 1 is 1.36 bits per heavy atom. The maximum atomic E-state index is 12.0. The number of ether oxygens (including phenoxy) is 1. The summed E-state index contributed by atoms with van der Waals surface area (Å²) in [7, 11) is 0. The van der Waals surface area contributed by atoms with Gasteiger partial charge in [0.1, 0.15) is 6.61 Å². The van der Waals surface area contributed by atoms with Crippen molar-refractivity contribution in [3.63, 3.8) is 0 Å². The molecule has 5 heteroatoms. The third kappa shape index (κ3) is 4.19. The molecule has 0 aromatic rings. The zero-order valence-corrected chi connectivity index (χ0v) is 6.12. The lowest BCUT2D eigenvalue weighted by atomic mass is 10.4. The molecular formula is C6H10F4O. The van der Waals surface area contributed by atoms with Crippen molar-refractivity contribution in [2.24, 2.45) is 0 Å². The largest absolute Gasteiger partial charge is 0.375 e. The Balaban J connectivity index is 3.55. The van der Waals surface area contributed by atoms with E-state index in [1.165, 1.54) is 0 Å². The fraction of sp³-hybridized carbons (Fsp3) is 1.00. The molecule has 0 unspecified atom stereocenters. The van der Waals surface area contributed by atoms with Gasteiger partial charge in [-0.05, 0) is 6.42 Å². The van der Waals surface area contributed by atoms with E-state index in [1.54, 1.807) is 6.92 Å². The number of rotatable bonds is 5. The topological polar surface area (TPSA) is 9.23 Å². The first-order valence-electron chi connectivity index (χ1n) is 3.24. The van der Waals surface area contributed by atoms with E-state index in [1.807, 2.05) is 0 Å². The summed E-state index contributed by atoms with van der Waals surface area (Å²) in [5, 5.41) is 0. The molecule has 0 heterocycles. The van der Waals surface area contributed by atoms with E-state index >= 15 is 0 Å². The molecule has 0 aliphatic heterocycles. The SMILES string of the molecule is CCCOCC(F)(F)C(F)F. The molecule has 0 spiro atoms. The molecule has 0 rings (SSSR count). The highest BCUT2D eigenvalue weighted by atomic mass is 19.3. The van der Waals surface area contributed by atoms with Crippen molar-refractivity contribution >= 4 is 0 Å². The molecule has 0 bridgehead atoms. The van der Waals surface area contributed by atoms with Crippen molar-refractivity contribution in [1.82, 2.24) is 0 Å². The van der Waals surface area contributed by atoms with E-state index in [-0.39, 0.29) is 6.61 Å². The van der Waals surface area contributed by atoms with Gasteiger partial charge in [-0.3, -0.25) is 0 Å². The van der Waals surface area contributed by atoms with Gasteiger partial charge in [-0.15, -0.1) is 0 Å². The first-order chi connectivity index (χ1) is 5.00. The number of halogens is 4. The van der Waals surface area contributed by atoms with Gasteiger partial charge in [-0.2, -0.15) is 8.78 Å². The summed E-state index contributed by atoms with van der Waals surface area (Å²) in [5.41, 5.74) is 0. The molecule has 0 saturated carbocycles. The van der Waals surface area contributed by atoms with Crippen LogP contribution in [0.2, 0.25) is 0 Å². The van der Waals surface area contributed by atoms with Crippen LogP contribution in [0, 0.1) is 0 Å². The normalized spacial score (nSPS) is 12.5. The first-order valence-corrected chi connectivity index (χ1v) is 3.24. The summed E-state index contributed by atoms with van der Waals surface area (Å²) in [5.74, 6) is -4.00. The summed E-state index contributed by atoms with van der Waals surface area (Å²) < 4.78 is 51.1. The van der Waals surface area contributed by atoms with Crippen molar-refractivity contribution in [3.8, 4) is 0 Å². The Hall–Kier alpha value is -0.320. The fourth-order valence-corrected chi connectivity index (χ4v) is 0.416. The zero-order valence-electron chi connectivity index (χ0n) is 6.12. The second-order valence-corrected chi connectivity index (χ2v) is 2.11. The second-order valence-electron chi connectivity index (χ2n) is 2.11. The van der Waals surface area contributed by atoms with Crippen molar-refractivity contribution in [1.29, 1.82) is 0 Å². The van der Waals surface area contributed by atoms with E-state index in [9.17, 15) is 17.6 Å². The van der Waals surface area contributed by atoms with Crippen LogP contribution in [0.5, 0.6) is 0 Å². The maximum absolute atomic E-state index is 12.0. The van der Waals surface area contributed by atoms with E-state index in [4.69, 9.17) is 0 Å². The zero-order chi connectivity index (χ0) is 8.91. The lowest BCUT2D eigenvalue weighted by Gasteiger charge is -2.14. The van der Waals surface area contributed by atoms with Gasteiger partial charge in [-0.1, -0.05) is 6.92 Å². The van der Waals surface area contributed by atoms with Gasteiger partial charge >= 0.3 is 12.3 Å².